The largest absolute Gasteiger partial charge is 0.446 e. The van der Waals surface area contributed by atoms with Crippen LogP contribution in [0.2, 0.25) is 0 Å². The van der Waals surface area contributed by atoms with Gasteiger partial charge in [0.25, 0.3) is 0 Å². The highest BCUT2D eigenvalue weighted by Gasteiger charge is 2.29. The summed E-state index contributed by atoms with van der Waals surface area (Å²) in [5, 5.41) is 5.90. The van der Waals surface area contributed by atoms with Crippen LogP contribution in [0.4, 0.5) is 10.5 Å². The molecule has 0 saturated heterocycles. The zero-order valence-electron chi connectivity index (χ0n) is 14.0. The molecule has 0 radical (unpaired) electrons. The normalized spacial score (nSPS) is 24.3. The highest BCUT2D eigenvalue weighted by atomic mass is 16.6. The average molecular weight is 330 g/mol. The standard InChI is InChI=1S/C19H26N2O3/c22-18(14-7-4-5-8-14)20-16-11-6-12-17(13-16)24-19(23)21-15-9-2-1-3-10-15/h1-3,9-10,14,16-17H,4-8,11-13H2,(H,20,22)(H,21,23)/t16-,17-/m1/s1. The van der Waals surface area contributed by atoms with E-state index in [2.05, 4.69) is 10.6 Å². The van der Waals surface area contributed by atoms with Crippen LogP contribution in [0.1, 0.15) is 51.4 Å². The molecule has 0 aliphatic heterocycles. The van der Waals surface area contributed by atoms with Gasteiger partial charge in [-0.15, -0.1) is 0 Å². The van der Waals surface area contributed by atoms with E-state index in [1.165, 1.54) is 0 Å². The van der Waals surface area contributed by atoms with Crippen LogP contribution in [0, 0.1) is 5.92 Å². The summed E-state index contributed by atoms with van der Waals surface area (Å²) in [5.41, 5.74) is 0.726. The number of rotatable bonds is 4. The monoisotopic (exact) mass is 330 g/mol. The third-order valence-corrected chi connectivity index (χ3v) is 4.99. The number of carbonyl (C=O) groups excluding carboxylic acids is 2. The van der Waals surface area contributed by atoms with Crippen molar-refractivity contribution in [2.45, 2.75) is 63.5 Å². The third-order valence-electron chi connectivity index (χ3n) is 4.99. The number of nitrogens with one attached hydrogen (secondary N) is 2. The van der Waals surface area contributed by atoms with E-state index in [1.807, 2.05) is 30.3 Å². The Morgan fingerprint density at radius 3 is 2.46 bits per heavy atom. The third kappa shape index (κ3) is 4.73. The van der Waals surface area contributed by atoms with E-state index in [0.717, 1.165) is 50.6 Å². The Morgan fingerprint density at radius 2 is 1.71 bits per heavy atom. The lowest BCUT2D eigenvalue weighted by Gasteiger charge is -2.30. The predicted molar refractivity (Wildman–Crippen MR) is 92.7 cm³/mol. The molecule has 2 N–H and O–H groups in total. The van der Waals surface area contributed by atoms with E-state index in [-0.39, 0.29) is 24.0 Å². The van der Waals surface area contributed by atoms with Gasteiger partial charge < -0.3 is 10.1 Å². The summed E-state index contributed by atoms with van der Waals surface area (Å²) in [5.74, 6) is 0.375. The van der Waals surface area contributed by atoms with E-state index in [4.69, 9.17) is 4.74 Å². The van der Waals surface area contributed by atoms with E-state index in [0.29, 0.717) is 6.42 Å². The zero-order valence-corrected chi connectivity index (χ0v) is 14.0. The van der Waals surface area contributed by atoms with Gasteiger partial charge in [-0.2, -0.15) is 0 Å². The van der Waals surface area contributed by atoms with Crippen LogP contribution in [-0.2, 0) is 9.53 Å². The maximum Gasteiger partial charge on any atom is 0.411 e. The molecule has 3 rings (SSSR count). The summed E-state index contributed by atoms with van der Waals surface area (Å²) in [7, 11) is 0. The lowest BCUT2D eigenvalue weighted by Crippen LogP contribution is -2.43. The minimum Gasteiger partial charge on any atom is -0.446 e. The topological polar surface area (TPSA) is 67.4 Å². The molecule has 5 nitrogen and oxygen atoms in total. The number of amides is 2. The summed E-state index contributed by atoms with van der Waals surface area (Å²) >= 11 is 0. The lowest BCUT2D eigenvalue weighted by molar-refractivity contribution is -0.125. The van der Waals surface area contributed by atoms with Crippen LogP contribution in [0.25, 0.3) is 0 Å². The second-order valence-corrected chi connectivity index (χ2v) is 6.87. The molecule has 5 heteroatoms. The molecule has 1 aromatic rings. The Kier molecular flexibility index (Phi) is 5.72. The van der Waals surface area contributed by atoms with Crippen molar-refractivity contribution in [1.82, 2.24) is 5.32 Å². The molecule has 0 spiro atoms. The van der Waals surface area contributed by atoms with Crippen molar-refractivity contribution in [2.75, 3.05) is 5.32 Å². The van der Waals surface area contributed by atoms with Gasteiger partial charge in [-0.3, -0.25) is 10.1 Å². The Hall–Kier alpha value is -2.04. The minimum absolute atomic E-state index is 0.126. The molecule has 2 saturated carbocycles. The van der Waals surface area contributed by atoms with Gasteiger partial charge in [-0.25, -0.2) is 4.79 Å². The summed E-state index contributed by atoms with van der Waals surface area (Å²) < 4.78 is 5.53. The number of carbonyl (C=O) groups is 2. The van der Waals surface area contributed by atoms with Crippen LogP contribution in [0.3, 0.4) is 0 Å². The molecule has 24 heavy (non-hydrogen) atoms. The van der Waals surface area contributed by atoms with Crippen molar-refractivity contribution in [3.63, 3.8) is 0 Å². The van der Waals surface area contributed by atoms with Gasteiger partial charge in [-0.1, -0.05) is 31.0 Å². The number of benzene rings is 1. The Labute approximate surface area is 143 Å². The summed E-state index contributed by atoms with van der Waals surface area (Å²) in [4.78, 5) is 24.3. The number of hydrogen-bond acceptors (Lipinski definition) is 3. The van der Waals surface area contributed by atoms with Gasteiger partial charge in [-0.05, 0) is 44.2 Å². The molecule has 0 unspecified atom stereocenters. The number of hydrogen-bond donors (Lipinski definition) is 2. The molecule has 1 aromatic carbocycles. The fourth-order valence-corrected chi connectivity index (χ4v) is 3.71. The first-order valence-corrected chi connectivity index (χ1v) is 9.04. The molecule has 2 amide bonds. The van der Waals surface area contributed by atoms with Crippen molar-refractivity contribution in [3.8, 4) is 0 Å². The maximum absolute atomic E-state index is 12.3. The van der Waals surface area contributed by atoms with E-state index < -0.39 is 6.09 Å². The van der Waals surface area contributed by atoms with Crippen LogP contribution >= 0.6 is 0 Å². The van der Waals surface area contributed by atoms with Gasteiger partial charge in [0.05, 0.1) is 0 Å². The van der Waals surface area contributed by atoms with E-state index >= 15 is 0 Å². The van der Waals surface area contributed by atoms with Crippen molar-refractivity contribution < 1.29 is 14.3 Å². The highest BCUT2D eigenvalue weighted by molar-refractivity contribution is 5.84. The van der Waals surface area contributed by atoms with Crippen LogP contribution in [0.15, 0.2) is 30.3 Å². The Bertz CT molecular complexity index is 555. The molecule has 130 valence electrons. The summed E-state index contributed by atoms with van der Waals surface area (Å²) in [6.45, 7) is 0. The molecular weight excluding hydrogens is 304 g/mol. The smallest absolute Gasteiger partial charge is 0.411 e. The van der Waals surface area contributed by atoms with E-state index in [9.17, 15) is 9.59 Å². The molecule has 0 heterocycles. The van der Waals surface area contributed by atoms with Crippen molar-refractivity contribution in [2.24, 2.45) is 5.92 Å². The molecule has 2 atom stereocenters. The average Bonchev–Trinajstić information content (AvgIpc) is 3.10. The Morgan fingerprint density at radius 1 is 0.958 bits per heavy atom. The number of anilines is 1. The second-order valence-electron chi connectivity index (χ2n) is 6.87. The minimum atomic E-state index is -0.422. The molecule has 2 aliphatic carbocycles. The fraction of sp³-hybridized carbons (Fsp3) is 0.579. The van der Waals surface area contributed by atoms with Crippen molar-refractivity contribution in [3.05, 3.63) is 30.3 Å². The van der Waals surface area contributed by atoms with Crippen LogP contribution in [-0.4, -0.2) is 24.1 Å². The lowest BCUT2D eigenvalue weighted by atomic mass is 9.92. The second kappa shape index (κ2) is 8.18. The fourth-order valence-electron chi connectivity index (χ4n) is 3.71. The summed E-state index contributed by atoms with van der Waals surface area (Å²) in [6.07, 6.45) is 7.30. The predicted octanol–water partition coefficient (Wildman–Crippen LogP) is 3.85. The van der Waals surface area contributed by atoms with Gasteiger partial charge in [0.2, 0.25) is 5.91 Å². The molecule has 2 fully saturated rings. The molecule has 2 aliphatic rings. The van der Waals surface area contributed by atoms with Gasteiger partial charge in [0, 0.05) is 24.1 Å². The quantitative estimate of drug-likeness (QED) is 0.881. The highest BCUT2D eigenvalue weighted by Crippen LogP contribution is 2.27. The van der Waals surface area contributed by atoms with Crippen LogP contribution < -0.4 is 10.6 Å². The number of ether oxygens (including phenoxy) is 1. The number of para-hydroxylation sites is 1. The molecule has 0 aromatic heterocycles. The van der Waals surface area contributed by atoms with Gasteiger partial charge >= 0.3 is 6.09 Å². The molecule has 0 bridgehead atoms. The van der Waals surface area contributed by atoms with Gasteiger partial charge in [0.15, 0.2) is 0 Å². The van der Waals surface area contributed by atoms with E-state index in [1.54, 1.807) is 0 Å². The Balaban J connectivity index is 1.44. The molecular formula is C19H26N2O3. The first-order chi connectivity index (χ1) is 11.7. The summed E-state index contributed by atoms with van der Waals surface area (Å²) in [6, 6.07) is 9.41. The zero-order chi connectivity index (χ0) is 16.8. The van der Waals surface area contributed by atoms with Crippen molar-refractivity contribution in [1.29, 1.82) is 0 Å². The maximum atomic E-state index is 12.3. The first-order valence-electron chi connectivity index (χ1n) is 9.04. The van der Waals surface area contributed by atoms with Gasteiger partial charge in [0.1, 0.15) is 6.10 Å². The van der Waals surface area contributed by atoms with Crippen molar-refractivity contribution >= 4 is 17.7 Å². The SMILES string of the molecule is O=C(Nc1ccccc1)O[C@@H]1CCC[C@@H](NC(=O)C2CCCC2)C1. The van der Waals surface area contributed by atoms with Crippen LogP contribution in [0.5, 0.6) is 0 Å². The first kappa shape index (κ1) is 16.8.